The molecule has 1 aromatic carbocycles. The van der Waals surface area contributed by atoms with Crippen LogP contribution in [-0.2, 0) is 0 Å². The van der Waals surface area contributed by atoms with Crippen LogP contribution >= 0.6 is 11.6 Å². The Morgan fingerprint density at radius 2 is 2.27 bits per heavy atom. The molecule has 2 rings (SSSR count). The summed E-state index contributed by atoms with van der Waals surface area (Å²) in [5, 5.41) is 0.479. The number of nitrogens with zero attached hydrogens (tertiary/aromatic N) is 1. The van der Waals surface area contributed by atoms with Gasteiger partial charge in [-0.25, -0.2) is 4.98 Å². The lowest BCUT2D eigenvalue weighted by atomic mass is 10.2. The van der Waals surface area contributed by atoms with Gasteiger partial charge in [0.1, 0.15) is 5.69 Å². The van der Waals surface area contributed by atoms with E-state index in [1.807, 2.05) is 6.07 Å². The van der Waals surface area contributed by atoms with Crippen molar-refractivity contribution in [1.29, 1.82) is 0 Å². The van der Waals surface area contributed by atoms with Gasteiger partial charge in [-0.15, -0.1) is 0 Å². The van der Waals surface area contributed by atoms with Gasteiger partial charge in [-0.2, -0.15) is 0 Å². The first kappa shape index (κ1) is 9.93. The molecule has 1 aromatic heterocycles. The SMILES string of the molecule is C=Cc1ccc2nc(C)c(=O)[nH]c2c1Cl. The molecule has 0 fully saturated rings. The molecule has 76 valence electrons. The van der Waals surface area contributed by atoms with Crippen LogP contribution in [-0.4, -0.2) is 9.97 Å². The molecule has 4 heteroatoms. The Morgan fingerprint density at radius 3 is 2.93 bits per heavy atom. The molecule has 3 nitrogen and oxygen atoms in total. The fourth-order valence-corrected chi connectivity index (χ4v) is 1.67. The molecule has 0 atom stereocenters. The Hall–Kier alpha value is -1.61. The van der Waals surface area contributed by atoms with Crippen LogP contribution in [0.4, 0.5) is 0 Å². The molecule has 0 aliphatic rings. The van der Waals surface area contributed by atoms with Gasteiger partial charge in [0.25, 0.3) is 5.56 Å². The zero-order chi connectivity index (χ0) is 11.0. The van der Waals surface area contributed by atoms with Crippen LogP contribution in [0.15, 0.2) is 23.5 Å². The molecule has 0 saturated heterocycles. The Labute approximate surface area is 91.4 Å². The molecule has 15 heavy (non-hydrogen) atoms. The van der Waals surface area contributed by atoms with E-state index in [2.05, 4.69) is 16.5 Å². The highest BCUT2D eigenvalue weighted by atomic mass is 35.5. The quantitative estimate of drug-likeness (QED) is 0.803. The van der Waals surface area contributed by atoms with Crippen molar-refractivity contribution in [2.45, 2.75) is 6.92 Å². The summed E-state index contributed by atoms with van der Waals surface area (Å²) >= 11 is 6.08. The third-order valence-electron chi connectivity index (χ3n) is 2.23. The van der Waals surface area contributed by atoms with E-state index in [-0.39, 0.29) is 5.56 Å². The van der Waals surface area contributed by atoms with E-state index in [0.29, 0.717) is 21.7 Å². The summed E-state index contributed by atoms with van der Waals surface area (Å²) < 4.78 is 0. The van der Waals surface area contributed by atoms with Crippen LogP contribution in [0, 0.1) is 6.92 Å². The Balaban J connectivity index is 2.93. The van der Waals surface area contributed by atoms with Crippen molar-refractivity contribution in [2.75, 3.05) is 0 Å². The second-order valence-corrected chi connectivity index (χ2v) is 3.60. The van der Waals surface area contributed by atoms with Gasteiger partial charge in [0, 0.05) is 0 Å². The number of rotatable bonds is 1. The third kappa shape index (κ3) is 1.55. The lowest BCUT2D eigenvalue weighted by Crippen LogP contribution is -2.11. The van der Waals surface area contributed by atoms with Crippen molar-refractivity contribution < 1.29 is 0 Å². The number of hydrogen-bond acceptors (Lipinski definition) is 2. The van der Waals surface area contributed by atoms with Crippen molar-refractivity contribution in [2.24, 2.45) is 0 Å². The molecule has 0 aliphatic heterocycles. The summed E-state index contributed by atoms with van der Waals surface area (Å²) in [6.07, 6.45) is 1.64. The lowest BCUT2D eigenvalue weighted by Gasteiger charge is -2.03. The summed E-state index contributed by atoms with van der Waals surface area (Å²) in [6.45, 7) is 5.30. The maximum Gasteiger partial charge on any atom is 0.269 e. The Kier molecular flexibility index (Phi) is 2.32. The van der Waals surface area contributed by atoms with Crippen molar-refractivity contribution in [3.8, 4) is 0 Å². The average molecular weight is 221 g/mol. The number of H-pyrrole nitrogens is 1. The number of aromatic amines is 1. The first-order valence-electron chi connectivity index (χ1n) is 4.45. The number of benzene rings is 1. The van der Waals surface area contributed by atoms with Crippen LogP contribution in [0.1, 0.15) is 11.3 Å². The molecule has 0 spiro atoms. The summed E-state index contributed by atoms with van der Waals surface area (Å²) in [6, 6.07) is 3.63. The molecule has 2 aromatic rings. The maximum absolute atomic E-state index is 11.4. The first-order chi connectivity index (χ1) is 7.13. The fraction of sp³-hybridized carbons (Fsp3) is 0.0909. The molecule has 0 radical (unpaired) electrons. The van der Waals surface area contributed by atoms with E-state index in [4.69, 9.17) is 11.6 Å². The van der Waals surface area contributed by atoms with Gasteiger partial charge in [0.15, 0.2) is 0 Å². The minimum absolute atomic E-state index is 0.217. The minimum Gasteiger partial charge on any atom is -0.318 e. The number of nitrogens with one attached hydrogen (secondary N) is 1. The number of fused-ring (bicyclic) bond motifs is 1. The van der Waals surface area contributed by atoms with Crippen molar-refractivity contribution in [3.63, 3.8) is 0 Å². The lowest BCUT2D eigenvalue weighted by molar-refractivity contribution is 1.12. The standard InChI is InChI=1S/C11H9ClN2O/c1-3-7-4-5-8-10(9(7)12)14-11(15)6(2)13-8/h3-5H,1H2,2H3,(H,14,15). The van der Waals surface area contributed by atoms with Crippen molar-refractivity contribution >= 4 is 28.7 Å². The van der Waals surface area contributed by atoms with Gasteiger partial charge in [0.2, 0.25) is 0 Å². The number of aromatic nitrogens is 2. The van der Waals surface area contributed by atoms with Gasteiger partial charge >= 0.3 is 0 Å². The van der Waals surface area contributed by atoms with E-state index >= 15 is 0 Å². The molecule has 0 amide bonds. The van der Waals surface area contributed by atoms with Gasteiger partial charge < -0.3 is 4.98 Å². The maximum atomic E-state index is 11.4. The molecule has 0 unspecified atom stereocenters. The highest BCUT2D eigenvalue weighted by Gasteiger charge is 2.06. The summed E-state index contributed by atoms with van der Waals surface area (Å²) in [5.74, 6) is 0. The van der Waals surface area contributed by atoms with E-state index in [1.165, 1.54) is 0 Å². The van der Waals surface area contributed by atoms with Crippen LogP contribution in [0.25, 0.3) is 17.1 Å². The van der Waals surface area contributed by atoms with Crippen molar-refractivity contribution in [1.82, 2.24) is 9.97 Å². The largest absolute Gasteiger partial charge is 0.318 e. The molecule has 0 aliphatic carbocycles. The summed E-state index contributed by atoms with van der Waals surface area (Å²) in [5.41, 5.74) is 2.24. The normalized spacial score (nSPS) is 10.5. The highest BCUT2D eigenvalue weighted by Crippen LogP contribution is 2.24. The first-order valence-corrected chi connectivity index (χ1v) is 4.83. The summed E-state index contributed by atoms with van der Waals surface area (Å²) in [7, 11) is 0. The van der Waals surface area contributed by atoms with Crippen molar-refractivity contribution in [3.05, 3.63) is 45.3 Å². The molecular weight excluding hydrogens is 212 g/mol. The number of hydrogen-bond donors (Lipinski definition) is 1. The zero-order valence-electron chi connectivity index (χ0n) is 8.17. The van der Waals surface area contributed by atoms with E-state index < -0.39 is 0 Å². The average Bonchev–Trinajstić information content (AvgIpc) is 2.22. The monoisotopic (exact) mass is 220 g/mol. The van der Waals surface area contributed by atoms with Crippen LogP contribution in [0.5, 0.6) is 0 Å². The summed E-state index contributed by atoms with van der Waals surface area (Å²) in [4.78, 5) is 18.2. The van der Waals surface area contributed by atoms with E-state index in [1.54, 1.807) is 19.1 Å². The second-order valence-electron chi connectivity index (χ2n) is 3.22. The minimum atomic E-state index is -0.217. The van der Waals surface area contributed by atoms with Crippen LogP contribution < -0.4 is 5.56 Å². The molecular formula is C11H9ClN2O. The topological polar surface area (TPSA) is 45.8 Å². The molecule has 0 bridgehead atoms. The van der Waals surface area contributed by atoms with Gasteiger partial charge in [-0.1, -0.05) is 30.3 Å². The Bertz CT molecular complexity index is 601. The number of halogens is 1. The molecule has 1 heterocycles. The van der Waals surface area contributed by atoms with Gasteiger partial charge in [-0.3, -0.25) is 4.79 Å². The van der Waals surface area contributed by atoms with Gasteiger partial charge in [-0.05, 0) is 18.6 Å². The van der Waals surface area contributed by atoms with Crippen LogP contribution in [0.2, 0.25) is 5.02 Å². The predicted octanol–water partition coefficient (Wildman–Crippen LogP) is 2.53. The van der Waals surface area contributed by atoms with Gasteiger partial charge in [0.05, 0.1) is 16.1 Å². The third-order valence-corrected chi connectivity index (χ3v) is 2.63. The molecule has 0 saturated carbocycles. The smallest absolute Gasteiger partial charge is 0.269 e. The number of aryl methyl sites for hydroxylation is 1. The predicted molar refractivity (Wildman–Crippen MR) is 62.2 cm³/mol. The van der Waals surface area contributed by atoms with Crippen LogP contribution in [0.3, 0.4) is 0 Å². The van der Waals surface area contributed by atoms with E-state index in [9.17, 15) is 4.79 Å². The Morgan fingerprint density at radius 1 is 1.53 bits per heavy atom. The highest BCUT2D eigenvalue weighted by molar-refractivity contribution is 6.36. The second kappa shape index (κ2) is 3.51. The fourth-order valence-electron chi connectivity index (χ4n) is 1.39. The zero-order valence-corrected chi connectivity index (χ0v) is 8.93. The van der Waals surface area contributed by atoms with E-state index in [0.717, 1.165) is 5.56 Å². The molecule has 1 N–H and O–H groups in total.